The van der Waals surface area contributed by atoms with Crippen LogP contribution in [0.4, 0.5) is 4.79 Å². The summed E-state index contributed by atoms with van der Waals surface area (Å²) in [6, 6.07) is 27.4. The second-order valence-corrected chi connectivity index (χ2v) is 11.2. The lowest BCUT2D eigenvalue weighted by Crippen LogP contribution is -2.07. The van der Waals surface area contributed by atoms with Gasteiger partial charge in [0.15, 0.2) is 0 Å². The van der Waals surface area contributed by atoms with E-state index in [1.807, 2.05) is 84.9 Å². The maximum absolute atomic E-state index is 12.0. The fourth-order valence-electron chi connectivity index (χ4n) is 2.58. The Morgan fingerprint density at radius 1 is 0.588 bits per heavy atom. The van der Waals surface area contributed by atoms with E-state index in [-0.39, 0.29) is 13.2 Å². The summed E-state index contributed by atoms with van der Waals surface area (Å²) in [7, 11) is 6.46. The van der Waals surface area contributed by atoms with Crippen molar-refractivity contribution in [3.63, 3.8) is 0 Å². The minimum absolute atomic E-state index is 0.164. The number of hydrogen-bond donors (Lipinski definition) is 0. The van der Waals surface area contributed by atoms with Crippen LogP contribution in [0.25, 0.3) is 0 Å². The molecule has 0 aliphatic heterocycles. The van der Waals surface area contributed by atoms with Gasteiger partial charge < -0.3 is 9.47 Å². The smallest absolute Gasteiger partial charge is 0.429 e. The maximum atomic E-state index is 12.0. The summed E-state index contributed by atoms with van der Waals surface area (Å²) >= 11 is 0. The number of rotatable bonds is 10. The molecular formula is C25H20N2O3S4. The minimum Gasteiger partial charge on any atom is -0.429 e. The number of aromatic nitrogens is 2. The molecule has 0 aliphatic rings. The molecule has 0 spiro atoms. The highest BCUT2D eigenvalue weighted by molar-refractivity contribution is 8.77. The highest BCUT2D eigenvalue weighted by Gasteiger charge is 2.07. The summed E-state index contributed by atoms with van der Waals surface area (Å²) in [5.41, 5.74) is 1.80. The molecule has 0 unspecified atom stereocenters. The third-order valence-electron chi connectivity index (χ3n) is 4.28. The molecule has 4 rings (SSSR count). The number of hydrogen-bond acceptors (Lipinski definition) is 9. The van der Waals surface area contributed by atoms with Gasteiger partial charge in [-0.1, -0.05) is 58.0 Å². The van der Waals surface area contributed by atoms with Crippen molar-refractivity contribution in [2.24, 2.45) is 0 Å². The molecule has 4 aromatic rings. The van der Waals surface area contributed by atoms with Crippen LogP contribution in [0.3, 0.4) is 0 Å². The van der Waals surface area contributed by atoms with Gasteiger partial charge in [-0.2, -0.15) is 0 Å². The largest absolute Gasteiger partial charge is 0.508 e. The highest BCUT2D eigenvalue weighted by Crippen LogP contribution is 2.36. The number of benzene rings is 2. The Bertz CT molecular complexity index is 1070. The lowest BCUT2D eigenvalue weighted by atomic mass is 10.2. The third-order valence-corrected chi connectivity index (χ3v) is 8.88. The van der Waals surface area contributed by atoms with E-state index in [0.29, 0.717) is 0 Å². The van der Waals surface area contributed by atoms with Crippen LogP contribution in [0.1, 0.15) is 11.1 Å². The van der Waals surface area contributed by atoms with Crippen molar-refractivity contribution in [2.75, 3.05) is 0 Å². The lowest BCUT2D eigenvalue weighted by Gasteiger charge is -2.08. The summed E-state index contributed by atoms with van der Waals surface area (Å²) in [6.07, 6.45) is 2.87. The number of pyridine rings is 2. The van der Waals surface area contributed by atoms with Gasteiger partial charge in [0.2, 0.25) is 0 Å². The van der Waals surface area contributed by atoms with E-state index in [2.05, 4.69) is 9.97 Å². The van der Waals surface area contributed by atoms with Crippen molar-refractivity contribution in [2.45, 2.75) is 33.1 Å². The van der Waals surface area contributed by atoms with Crippen LogP contribution < -0.4 is 0 Å². The summed E-state index contributed by atoms with van der Waals surface area (Å²) in [4.78, 5) is 22.7. The topological polar surface area (TPSA) is 61.3 Å². The van der Waals surface area contributed by atoms with E-state index in [0.717, 1.165) is 31.0 Å². The van der Waals surface area contributed by atoms with E-state index < -0.39 is 6.16 Å². The van der Waals surface area contributed by atoms with E-state index in [9.17, 15) is 4.79 Å². The molecule has 0 aliphatic carbocycles. The first-order chi connectivity index (χ1) is 16.7. The highest BCUT2D eigenvalue weighted by atomic mass is 33.1. The normalized spacial score (nSPS) is 10.6. The number of carbonyl (C=O) groups excluding carboxylic acids is 1. The number of nitrogens with zero attached hydrogens (tertiary/aromatic N) is 2. The van der Waals surface area contributed by atoms with Crippen molar-refractivity contribution >= 4 is 49.3 Å². The molecule has 0 saturated heterocycles. The second-order valence-electron chi connectivity index (χ2n) is 6.78. The van der Waals surface area contributed by atoms with Gasteiger partial charge in [0, 0.05) is 22.2 Å². The quantitative estimate of drug-likeness (QED) is 0.152. The Morgan fingerprint density at radius 3 is 1.41 bits per heavy atom. The summed E-state index contributed by atoms with van der Waals surface area (Å²) in [5, 5.41) is 1.92. The number of ether oxygens (including phenoxy) is 2. The molecule has 34 heavy (non-hydrogen) atoms. The zero-order valence-corrected chi connectivity index (χ0v) is 21.2. The molecule has 0 saturated carbocycles. The lowest BCUT2D eigenvalue weighted by molar-refractivity contribution is 0.0446. The van der Waals surface area contributed by atoms with Gasteiger partial charge in [0.1, 0.15) is 23.3 Å². The first kappa shape index (κ1) is 24.5. The van der Waals surface area contributed by atoms with Gasteiger partial charge in [-0.3, -0.25) is 0 Å². The Labute approximate surface area is 214 Å². The molecule has 2 aromatic carbocycles. The van der Waals surface area contributed by atoms with Crippen molar-refractivity contribution in [1.82, 2.24) is 9.97 Å². The molecule has 0 amide bonds. The molecule has 0 bridgehead atoms. The van der Waals surface area contributed by atoms with Gasteiger partial charge in [-0.05, 0) is 81.2 Å². The monoisotopic (exact) mass is 524 g/mol. The van der Waals surface area contributed by atoms with Crippen molar-refractivity contribution in [3.8, 4) is 0 Å². The van der Waals surface area contributed by atoms with Gasteiger partial charge in [0.05, 0.1) is 0 Å². The molecular weight excluding hydrogens is 505 g/mol. The molecule has 0 fully saturated rings. The van der Waals surface area contributed by atoms with Gasteiger partial charge >= 0.3 is 6.16 Å². The van der Waals surface area contributed by atoms with E-state index in [1.54, 1.807) is 55.6 Å². The van der Waals surface area contributed by atoms with Crippen LogP contribution in [0.2, 0.25) is 0 Å². The Hall–Kier alpha value is -2.59. The SMILES string of the molecule is O=C(OCc1ccc(SSc2ccccn2)cc1)OCc1ccc(SSc2ccccn2)cc1. The van der Waals surface area contributed by atoms with Crippen LogP contribution in [0, 0.1) is 0 Å². The second kappa shape index (κ2) is 13.3. The van der Waals surface area contributed by atoms with Crippen molar-refractivity contribution in [1.29, 1.82) is 0 Å². The first-order valence-electron chi connectivity index (χ1n) is 10.2. The molecule has 2 aromatic heterocycles. The first-order valence-corrected chi connectivity index (χ1v) is 14.5. The Morgan fingerprint density at radius 2 is 1.03 bits per heavy atom. The van der Waals surface area contributed by atoms with E-state index in [4.69, 9.17) is 9.47 Å². The van der Waals surface area contributed by atoms with E-state index in [1.165, 1.54) is 0 Å². The summed E-state index contributed by atoms with van der Waals surface area (Å²) in [6.45, 7) is 0.328. The fourth-order valence-corrected chi connectivity index (χ4v) is 6.26. The average molecular weight is 525 g/mol. The van der Waals surface area contributed by atoms with Gasteiger partial charge in [-0.15, -0.1) is 0 Å². The van der Waals surface area contributed by atoms with Crippen LogP contribution in [0.15, 0.2) is 117 Å². The standard InChI is InChI=1S/C25H20N2O3S4/c28-25(29-17-19-7-11-21(12-8-19)31-33-23-5-1-3-15-26-23)30-18-20-9-13-22(14-10-20)32-34-24-6-2-4-16-27-24/h1-16H,17-18H2. The maximum Gasteiger partial charge on any atom is 0.508 e. The van der Waals surface area contributed by atoms with Crippen LogP contribution in [-0.4, -0.2) is 16.1 Å². The zero-order chi connectivity index (χ0) is 23.4. The summed E-state index contributed by atoms with van der Waals surface area (Å²) < 4.78 is 10.5. The predicted octanol–water partition coefficient (Wildman–Crippen LogP) is 7.93. The Kier molecular flexibility index (Phi) is 9.62. The fraction of sp³-hybridized carbons (Fsp3) is 0.0800. The van der Waals surface area contributed by atoms with E-state index >= 15 is 0 Å². The minimum atomic E-state index is -0.687. The predicted molar refractivity (Wildman–Crippen MR) is 140 cm³/mol. The number of carbonyl (C=O) groups is 1. The summed E-state index contributed by atoms with van der Waals surface area (Å²) in [5.74, 6) is 0. The zero-order valence-electron chi connectivity index (χ0n) is 17.9. The molecule has 0 radical (unpaired) electrons. The Balaban J connectivity index is 1.15. The van der Waals surface area contributed by atoms with Crippen LogP contribution >= 0.6 is 43.2 Å². The van der Waals surface area contributed by atoms with Crippen LogP contribution in [0.5, 0.6) is 0 Å². The molecule has 0 atom stereocenters. The molecule has 0 N–H and O–H groups in total. The van der Waals surface area contributed by atoms with Gasteiger partial charge in [-0.25, -0.2) is 14.8 Å². The molecule has 172 valence electrons. The molecule has 2 heterocycles. The van der Waals surface area contributed by atoms with Crippen LogP contribution in [-0.2, 0) is 22.7 Å². The molecule has 9 heteroatoms. The van der Waals surface area contributed by atoms with Gasteiger partial charge in [0.25, 0.3) is 0 Å². The average Bonchev–Trinajstić information content (AvgIpc) is 2.91. The molecule has 5 nitrogen and oxygen atoms in total. The van der Waals surface area contributed by atoms with Crippen molar-refractivity contribution in [3.05, 3.63) is 108 Å². The third kappa shape index (κ3) is 8.32. The van der Waals surface area contributed by atoms with Crippen molar-refractivity contribution < 1.29 is 14.3 Å².